The van der Waals surface area contributed by atoms with Crippen molar-refractivity contribution in [3.8, 4) is 0 Å². The normalized spacial score (nSPS) is 11.4. The third kappa shape index (κ3) is 8.14. The quantitative estimate of drug-likeness (QED) is 0.388. The van der Waals surface area contributed by atoms with E-state index in [2.05, 4.69) is 41.8 Å². The Labute approximate surface area is 156 Å². The van der Waals surface area contributed by atoms with Gasteiger partial charge in [0.05, 0.1) is 19.8 Å². The Morgan fingerprint density at radius 1 is 0.962 bits per heavy atom. The molecule has 0 heterocycles. The molecule has 0 aliphatic carbocycles. The van der Waals surface area contributed by atoms with E-state index < -0.39 is 0 Å². The van der Waals surface area contributed by atoms with Crippen molar-refractivity contribution in [3.63, 3.8) is 0 Å². The van der Waals surface area contributed by atoms with Crippen LogP contribution in [-0.2, 0) is 16.0 Å². The number of ether oxygens (including phenoxy) is 2. The zero-order valence-corrected chi connectivity index (χ0v) is 15.7. The molecule has 0 saturated carbocycles. The lowest BCUT2D eigenvalue weighted by Crippen LogP contribution is -2.32. The zero-order valence-electron chi connectivity index (χ0n) is 15.7. The first-order valence-electron chi connectivity index (χ1n) is 9.00. The van der Waals surface area contributed by atoms with Crippen LogP contribution in [0.1, 0.15) is 17.5 Å². The predicted molar refractivity (Wildman–Crippen MR) is 108 cm³/mol. The van der Waals surface area contributed by atoms with Crippen molar-refractivity contribution in [2.24, 2.45) is 4.99 Å². The van der Waals surface area contributed by atoms with Gasteiger partial charge in [0, 0.05) is 25.9 Å². The van der Waals surface area contributed by atoms with Crippen molar-refractivity contribution in [1.29, 1.82) is 0 Å². The number of hydrogen-bond donors (Lipinski definition) is 2. The van der Waals surface area contributed by atoms with Gasteiger partial charge in [-0.15, -0.1) is 0 Å². The number of nitrogens with one attached hydrogen (secondary N) is 2. The molecule has 0 fully saturated rings. The molecule has 2 aromatic carbocycles. The zero-order chi connectivity index (χ0) is 18.5. The van der Waals surface area contributed by atoms with Gasteiger partial charge in [0.2, 0.25) is 0 Å². The van der Waals surface area contributed by atoms with Gasteiger partial charge in [0.1, 0.15) is 0 Å². The van der Waals surface area contributed by atoms with Crippen molar-refractivity contribution >= 4 is 11.6 Å². The van der Waals surface area contributed by atoms with Gasteiger partial charge in [-0.1, -0.05) is 48.0 Å². The maximum absolute atomic E-state index is 5.49. The minimum Gasteiger partial charge on any atom is -0.382 e. The average molecular weight is 355 g/mol. The van der Waals surface area contributed by atoms with Gasteiger partial charge in [0.15, 0.2) is 5.96 Å². The van der Waals surface area contributed by atoms with Crippen LogP contribution in [0, 0.1) is 6.92 Å². The molecule has 0 amide bonds. The van der Waals surface area contributed by atoms with Crippen molar-refractivity contribution in [2.75, 3.05) is 38.8 Å². The standard InChI is InChI=1S/C21H29N3O2/c1-18-9-11-19(12-10-18)17-23-21(24-20-7-4-3-5-8-20)22-13-6-14-26-16-15-25-2/h3-5,7-12H,6,13-17H2,1-2H3,(H2,22,23,24). The molecule has 0 aliphatic rings. The van der Waals surface area contributed by atoms with E-state index >= 15 is 0 Å². The lowest BCUT2D eigenvalue weighted by molar-refractivity contribution is 0.0699. The first-order valence-corrected chi connectivity index (χ1v) is 9.00. The van der Waals surface area contributed by atoms with Crippen LogP contribution in [0.5, 0.6) is 0 Å². The molecule has 0 unspecified atom stereocenters. The van der Waals surface area contributed by atoms with Gasteiger partial charge in [-0.25, -0.2) is 4.99 Å². The van der Waals surface area contributed by atoms with Crippen molar-refractivity contribution < 1.29 is 9.47 Å². The Kier molecular flexibility index (Phi) is 9.25. The molecule has 2 aromatic rings. The van der Waals surface area contributed by atoms with E-state index in [-0.39, 0.29) is 0 Å². The van der Waals surface area contributed by atoms with Crippen LogP contribution in [0.3, 0.4) is 0 Å². The lowest BCUT2D eigenvalue weighted by atomic mass is 10.1. The molecular formula is C21H29N3O2. The molecule has 0 aliphatic heterocycles. The number of rotatable bonds is 10. The molecule has 0 bridgehead atoms. The highest BCUT2D eigenvalue weighted by molar-refractivity contribution is 5.93. The summed E-state index contributed by atoms with van der Waals surface area (Å²) in [5, 5.41) is 6.72. The number of hydrogen-bond acceptors (Lipinski definition) is 3. The summed E-state index contributed by atoms with van der Waals surface area (Å²) < 4.78 is 10.5. The van der Waals surface area contributed by atoms with E-state index in [1.165, 1.54) is 11.1 Å². The Morgan fingerprint density at radius 2 is 1.73 bits per heavy atom. The van der Waals surface area contributed by atoms with Crippen LogP contribution in [0.4, 0.5) is 5.69 Å². The third-order valence-corrected chi connectivity index (χ3v) is 3.77. The SMILES string of the molecule is COCCOCCCNC(=NCc1ccc(C)cc1)Nc1ccccc1. The summed E-state index contributed by atoms with van der Waals surface area (Å²) in [6.07, 6.45) is 0.906. The fourth-order valence-electron chi connectivity index (χ4n) is 2.29. The smallest absolute Gasteiger partial charge is 0.196 e. The molecule has 0 aromatic heterocycles. The highest BCUT2D eigenvalue weighted by Gasteiger charge is 2.00. The molecular weight excluding hydrogens is 326 g/mol. The molecule has 0 radical (unpaired) electrons. The molecule has 2 N–H and O–H groups in total. The number of benzene rings is 2. The number of anilines is 1. The molecule has 140 valence electrons. The van der Waals surface area contributed by atoms with Crippen molar-refractivity contribution in [2.45, 2.75) is 19.9 Å². The summed E-state index contributed by atoms with van der Waals surface area (Å²) in [6, 6.07) is 18.5. The fourth-order valence-corrected chi connectivity index (χ4v) is 2.29. The topological polar surface area (TPSA) is 54.9 Å². The Balaban J connectivity index is 1.86. The summed E-state index contributed by atoms with van der Waals surface area (Å²) in [7, 11) is 1.68. The van der Waals surface area contributed by atoms with Gasteiger partial charge in [-0.05, 0) is 31.0 Å². The number of methoxy groups -OCH3 is 1. The Bertz CT molecular complexity index is 642. The summed E-state index contributed by atoms with van der Waals surface area (Å²) in [4.78, 5) is 4.70. The van der Waals surface area contributed by atoms with Gasteiger partial charge >= 0.3 is 0 Å². The minimum atomic E-state index is 0.631. The third-order valence-electron chi connectivity index (χ3n) is 3.77. The first-order chi connectivity index (χ1) is 12.8. The van der Waals surface area contributed by atoms with Crippen molar-refractivity contribution in [3.05, 3.63) is 65.7 Å². The van der Waals surface area contributed by atoms with E-state index in [1.807, 2.05) is 30.3 Å². The van der Waals surface area contributed by atoms with Crippen LogP contribution < -0.4 is 10.6 Å². The minimum absolute atomic E-state index is 0.631. The fraction of sp³-hybridized carbons (Fsp3) is 0.381. The second kappa shape index (κ2) is 12.1. The van der Waals surface area contributed by atoms with Crippen LogP contribution >= 0.6 is 0 Å². The Hall–Kier alpha value is -2.37. The van der Waals surface area contributed by atoms with Gasteiger partial charge in [-0.2, -0.15) is 0 Å². The number of para-hydroxylation sites is 1. The summed E-state index contributed by atoms with van der Waals surface area (Å²) in [5.41, 5.74) is 3.46. The monoisotopic (exact) mass is 355 g/mol. The van der Waals surface area contributed by atoms with Gasteiger partial charge in [-0.3, -0.25) is 0 Å². The Morgan fingerprint density at radius 3 is 2.46 bits per heavy atom. The maximum atomic E-state index is 5.49. The van der Waals surface area contributed by atoms with E-state index in [0.29, 0.717) is 26.4 Å². The van der Waals surface area contributed by atoms with E-state index in [1.54, 1.807) is 7.11 Å². The summed E-state index contributed by atoms with van der Waals surface area (Å²) in [6.45, 7) is 5.48. The molecule has 0 atom stereocenters. The lowest BCUT2D eigenvalue weighted by Gasteiger charge is -2.13. The van der Waals surface area contributed by atoms with Crippen LogP contribution in [-0.4, -0.2) is 39.4 Å². The summed E-state index contributed by atoms with van der Waals surface area (Å²) in [5.74, 6) is 0.772. The summed E-state index contributed by atoms with van der Waals surface area (Å²) >= 11 is 0. The van der Waals surface area contributed by atoms with E-state index in [0.717, 1.165) is 24.6 Å². The number of guanidine groups is 1. The first kappa shape index (κ1) is 19.9. The second-order valence-electron chi connectivity index (χ2n) is 6.03. The van der Waals surface area contributed by atoms with E-state index in [9.17, 15) is 0 Å². The molecule has 0 saturated heterocycles. The van der Waals surface area contributed by atoms with Crippen LogP contribution in [0.15, 0.2) is 59.6 Å². The second-order valence-corrected chi connectivity index (χ2v) is 6.03. The molecule has 5 heteroatoms. The molecule has 0 spiro atoms. The largest absolute Gasteiger partial charge is 0.382 e. The van der Waals surface area contributed by atoms with Crippen molar-refractivity contribution in [1.82, 2.24) is 5.32 Å². The average Bonchev–Trinajstić information content (AvgIpc) is 2.67. The number of nitrogens with zero attached hydrogens (tertiary/aromatic N) is 1. The molecule has 26 heavy (non-hydrogen) atoms. The highest BCUT2D eigenvalue weighted by atomic mass is 16.5. The van der Waals surface area contributed by atoms with Crippen LogP contribution in [0.25, 0.3) is 0 Å². The van der Waals surface area contributed by atoms with E-state index in [4.69, 9.17) is 14.5 Å². The number of aryl methyl sites for hydroxylation is 1. The van der Waals surface area contributed by atoms with Gasteiger partial charge < -0.3 is 20.1 Å². The van der Waals surface area contributed by atoms with Crippen LogP contribution in [0.2, 0.25) is 0 Å². The predicted octanol–water partition coefficient (Wildman–Crippen LogP) is 3.61. The van der Waals surface area contributed by atoms with Gasteiger partial charge in [0.25, 0.3) is 0 Å². The molecule has 5 nitrogen and oxygen atoms in total. The maximum Gasteiger partial charge on any atom is 0.196 e. The number of aliphatic imine (C=N–C) groups is 1. The highest BCUT2D eigenvalue weighted by Crippen LogP contribution is 2.07. The molecule has 2 rings (SSSR count).